The van der Waals surface area contributed by atoms with Crippen LogP contribution in [0.4, 0.5) is 4.79 Å². The van der Waals surface area contributed by atoms with Gasteiger partial charge >= 0.3 is 6.03 Å². The molecule has 32 heavy (non-hydrogen) atoms. The van der Waals surface area contributed by atoms with Crippen LogP contribution in [0.1, 0.15) is 24.0 Å². The normalized spacial score (nSPS) is 24.7. The number of imide groups is 1. The van der Waals surface area contributed by atoms with E-state index in [9.17, 15) is 18.0 Å². The second-order valence-electron chi connectivity index (χ2n) is 8.30. The molecular weight excluding hydrogens is 472 g/mol. The van der Waals surface area contributed by atoms with Crippen molar-refractivity contribution in [2.45, 2.75) is 29.0 Å². The van der Waals surface area contributed by atoms with Crippen LogP contribution in [0.3, 0.4) is 0 Å². The fourth-order valence-electron chi connectivity index (χ4n) is 4.81. The Morgan fingerprint density at radius 1 is 1.06 bits per heavy atom. The van der Waals surface area contributed by atoms with Crippen LogP contribution in [0.5, 0.6) is 0 Å². The fourth-order valence-corrected chi connectivity index (χ4v) is 7.87. The molecule has 2 aliphatic heterocycles. The molecule has 3 aliphatic rings. The molecule has 11 heteroatoms. The summed E-state index contributed by atoms with van der Waals surface area (Å²) in [6, 6.07) is 10.5. The molecule has 1 aliphatic carbocycles. The second-order valence-corrected chi connectivity index (χ2v) is 12.2. The third-order valence-corrected chi connectivity index (χ3v) is 10.1. The quantitative estimate of drug-likeness (QED) is 0.659. The van der Waals surface area contributed by atoms with Crippen molar-refractivity contribution in [2.24, 2.45) is 0 Å². The standard InChI is InChI=1S/C21H23ClN4O4S2/c22-17-7-8-18(31-17)32(29,30)25-12-10-24(11-13-25)14-26-19(27)21(23-20(26)28)9-3-5-15-4-1-2-6-16(15)21/h1-2,4,6-8H,3,5,9-14H2,(H,23,28)/t21-/m1/s1. The average molecular weight is 495 g/mol. The molecule has 0 unspecified atom stereocenters. The molecule has 1 spiro atoms. The Labute approximate surface area is 195 Å². The predicted octanol–water partition coefficient (Wildman–Crippen LogP) is 2.45. The third-order valence-electron chi connectivity index (χ3n) is 6.47. The lowest BCUT2D eigenvalue weighted by molar-refractivity contribution is -0.133. The summed E-state index contributed by atoms with van der Waals surface area (Å²) < 4.78 is 27.7. The molecule has 1 aromatic carbocycles. The molecule has 3 amide bonds. The first kappa shape index (κ1) is 21.8. The highest BCUT2D eigenvalue weighted by Gasteiger charge is 2.54. The van der Waals surface area contributed by atoms with E-state index in [0.29, 0.717) is 23.8 Å². The highest BCUT2D eigenvalue weighted by atomic mass is 35.5. The summed E-state index contributed by atoms with van der Waals surface area (Å²) in [5, 5.41) is 2.97. The number of carbonyl (C=O) groups is 2. The summed E-state index contributed by atoms with van der Waals surface area (Å²) in [5.41, 5.74) is 0.995. The van der Waals surface area contributed by atoms with Crippen molar-refractivity contribution in [1.29, 1.82) is 0 Å². The van der Waals surface area contributed by atoms with E-state index in [1.807, 2.05) is 29.2 Å². The summed E-state index contributed by atoms with van der Waals surface area (Å²) in [7, 11) is -3.59. The van der Waals surface area contributed by atoms with Gasteiger partial charge in [0.05, 0.1) is 11.0 Å². The number of urea groups is 1. The second kappa shape index (κ2) is 8.11. The van der Waals surface area contributed by atoms with Gasteiger partial charge in [-0.15, -0.1) is 11.3 Å². The molecule has 170 valence electrons. The van der Waals surface area contributed by atoms with Crippen molar-refractivity contribution in [3.05, 3.63) is 51.9 Å². The number of piperazine rings is 1. The van der Waals surface area contributed by atoms with Crippen molar-refractivity contribution in [1.82, 2.24) is 19.4 Å². The Bertz CT molecular complexity index is 1180. The van der Waals surface area contributed by atoms with Crippen LogP contribution < -0.4 is 5.32 Å². The van der Waals surface area contributed by atoms with E-state index in [1.165, 1.54) is 15.3 Å². The van der Waals surface area contributed by atoms with E-state index >= 15 is 0 Å². The summed E-state index contributed by atoms with van der Waals surface area (Å²) in [5.74, 6) is -0.224. The topological polar surface area (TPSA) is 90.0 Å². The SMILES string of the molecule is O=C1N[C@@]2(CCCc3ccccc32)C(=O)N1CN1CCN(S(=O)(=O)c2ccc(Cl)s2)CC1. The van der Waals surface area contributed by atoms with Gasteiger partial charge in [0.25, 0.3) is 15.9 Å². The molecule has 2 aromatic rings. The number of sulfonamides is 1. The van der Waals surface area contributed by atoms with Gasteiger partial charge in [-0.2, -0.15) is 4.31 Å². The number of thiophene rings is 1. The van der Waals surface area contributed by atoms with Gasteiger partial charge in [-0.1, -0.05) is 35.9 Å². The van der Waals surface area contributed by atoms with Crippen LogP contribution in [0, 0.1) is 0 Å². The van der Waals surface area contributed by atoms with Crippen LogP contribution in [-0.2, 0) is 26.8 Å². The third kappa shape index (κ3) is 3.54. The van der Waals surface area contributed by atoms with E-state index in [0.717, 1.165) is 35.3 Å². The largest absolute Gasteiger partial charge is 0.326 e. The van der Waals surface area contributed by atoms with Crippen LogP contribution in [0.25, 0.3) is 0 Å². The van der Waals surface area contributed by atoms with Crippen LogP contribution in [0.2, 0.25) is 4.34 Å². The average Bonchev–Trinajstić information content (AvgIpc) is 3.33. The first-order valence-electron chi connectivity index (χ1n) is 10.5. The number of hydrogen-bond donors (Lipinski definition) is 1. The molecule has 3 heterocycles. The monoisotopic (exact) mass is 494 g/mol. The zero-order chi connectivity index (χ0) is 22.5. The Balaban J connectivity index is 1.27. The molecule has 2 saturated heterocycles. The number of aryl methyl sites for hydroxylation is 1. The number of nitrogens with zero attached hydrogens (tertiary/aromatic N) is 3. The Morgan fingerprint density at radius 3 is 2.53 bits per heavy atom. The van der Waals surface area contributed by atoms with Gasteiger partial charge in [0, 0.05) is 26.2 Å². The molecule has 0 radical (unpaired) electrons. The highest BCUT2D eigenvalue weighted by molar-refractivity contribution is 7.91. The van der Waals surface area contributed by atoms with Gasteiger partial charge in [-0.05, 0) is 42.5 Å². The summed E-state index contributed by atoms with van der Waals surface area (Å²) >= 11 is 6.94. The smallest absolute Gasteiger partial charge is 0.319 e. The van der Waals surface area contributed by atoms with Crippen molar-refractivity contribution in [3.63, 3.8) is 0 Å². The highest BCUT2D eigenvalue weighted by Crippen LogP contribution is 2.40. The molecular formula is C21H23ClN4O4S2. The number of rotatable bonds is 4. The fraction of sp³-hybridized carbons (Fsp3) is 0.429. The number of hydrogen-bond acceptors (Lipinski definition) is 6. The summed E-state index contributed by atoms with van der Waals surface area (Å²) in [6.07, 6.45) is 2.31. The van der Waals surface area contributed by atoms with Crippen molar-refractivity contribution in [2.75, 3.05) is 32.8 Å². The Kier molecular flexibility index (Phi) is 5.53. The lowest BCUT2D eigenvalue weighted by Crippen LogP contribution is -2.53. The first-order chi connectivity index (χ1) is 15.3. The minimum atomic E-state index is -3.59. The number of nitrogens with one attached hydrogen (secondary N) is 1. The van der Waals surface area contributed by atoms with Crippen LogP contribution >= 0.6 is 22.9 Å². The molecule has 0 saturated carbocycles. The molecule has 1 atom stereocenters. The van der Waals surface area contributed by atoms with Gasteiger partial charge < -0.3 is 5.32 Å². The minimum Gasteiger partial charge on any atom is -0.319 e. The van der Waals surface area contributed by atoms with E-state index in [1.54, 1.807) is 6.07 Å². The summed E-state index contributed by atoms with van der Waals surface area (Å²) in [6.45, 7) is 1.58. The minimum absolute atomic E-state index is 0.146. The van der Waals surface area contributed by atoms with E-state index in [4.69, 9.17) is 11.6 Å². The van der Waals surface area contributed by atoms with Crippen molar-refractivity contribution in [3.8, 4) is 0 Å². The van der Waals surface area contributed by atoms with Gasteiger partial charge in [0.2, 0.25) is 0 Å². The van der Waals surface area contributed by atoms with Gasteiger partial charge in [-0.25, -0.2) is 18.1 Å². The van der Waals surface area contributed by atoms with E-state index in [-0.39, 0.29) is 29.9 Å². The number of benzene rings is 1. The van der Waals surface area contributed by atoms with Crippen LogP contribution in [-0.4, -0.2) is 67.3 Å². The molecule has 0 bridgehead atoms. The predicted molar refractivity (Wildman–Crippen MR) is 121 cm³/mol. The van der Waals surface area contributed by atoms with Gasteiger partial charge in [-0.3, -0.25) is 9.69 Å². The summed E-state index contributed by atoms with van der Waals surface area (Å²) in [4.78, 5) is 29.5. The maximum absolute atomic E-state index is 13.4. The van der Waals surface area contributed by atoms with Gasteiger partial charge in [0.15, 0.2) is 0 Å². The zero-order valence-electron chi connectivity index (χ0n) is 17.3. The number of carbonyl (C=O) groups excluding carboxylic acids is 2. The molecule has 8 nitrogen and oxygen atoms in total. The lowest BCUT2D eigenvalue weighted by Gasteiger charge is -2.36. The van der Waals surface area contributed by atoms with Gasteiger partial charge in [0.1, 0.15) is 9.75 Å². The first-order valence-corrected chi connectivity index (χ1v) is 13.1. The Hall–Kier alpha value is -1.98. The van der Waals surface area contributed by atoms with Crippen molar-refractivity contribution < 1.29 is 18.0 Å². The number of halogens is 1. The van der Waals surface area contributed by atoms with E-state index < -0.39 is 21.6 Å². The number of amides is 3. The molecule has 1 N–H and O–H groups in total. The van der Waals surface area contributed by atoms with E-state index in [2.05, 4.69) is 5.32 Å². The lowest BCUT2D eigenvalue weighted by atomic mass is 9.76. The maximum Gasteiger partial charge on any atom is 0.326 e. The molecule has 2 fully saturated rings. The zero-order valence-corrected chi connectivity index (χ0v) is 19.7. The number of fused-ring (bicyclic) bond motifs is 2. The van der Waals surface area contributed by atoms with Crippen LogP contribution in [0.15, 0.2) is 40.6 Å². The molecule has 5 rings (SSSR count). The van der Waals surface area contributed by atoms with Crippen molar-refractivity contribution >= 4 is 44.9 Å². The maximum atomic E-state index is 13.4. The Morgan fingerprint density at radius 2 is 1.81 bits per heavy atom. The molecule has 1 aromatic heterocycles.